The van der Waals surface area contributed by atoms with E-state index in [0.29, 0.717) is 5.82 Å². The summed E-state index contributed by atoms with van der Waals surface area (Å²) >= 11 is 0. The van der Waals surface area contributed by atoms with Crippen molar-refractivity contribution in [2.24, 2.45) is 0 Å². The number of nitrogens with zero attached hydrogens (tertiary/aromatic N) is 6. The van der Waals surface area contributed by atoms with Crippen LogP contribution in [-0.4, -0.2) is 35.4 Å². The van der Waals surface area contributed by atoms with Gasteiger partial charge >= 0.3 is 0 Å². The van der Waals surface area contributed by atoms with Gasteiger partial charge in [-0.3, -0.25) is 14.9 Å². The van der Waals surface area contributed by atoms with Gasteiger partial charge in [-0.15, -0.1) is 5.10 Å². The zero-order valence-corrected chi connectivity index (χ0v) is 14.0. The van der Waals surface area contributed by atoms with Gasteiger partial charge in [-0.25, -0.2) is 19.3 Å². The summed E-state index contributed by atoms with van der Waals surface area (Å²) in [5.41, 5.74) is 1.33. The van der Waals surface area contributed by atoms with Crippen LogP contribution in [0.15, 0.2) is 41.5 Å². The number of nitrogens with one attached hydrogen (secondary N) is 1. The Labute approximate surface area is 143 Å². The second kappa shape index (κ2) is 6.63. The van der Waals surface area contributed by atoms with Crippen LogP contribution < -0.4 is 10.9 Å². The van der Waals surface area contributed by atoms with E-state index < -0.39 is 11.9 Å². The fraction of sp³-hybridized carbons (Fsp3) is 0.250. The first kappa shape index (κ1) is 16.5. The number of rotatable bonds is 4. The average molecular weight is 339 g/mol. The molecule has 0 aliphatic rings. The topological polar surface area (TPSA) is 108 Å². The van der Waals surface area contributed by atoms with E-state index in [2.05, 4.69) is 25.5 Å². The minimum atomic E-state index is -0.840. The lowest BCUT2D eigenvalue weighted by atomic mass is 10.3. The molecule has 0 bridgehead atoms. The lowest BCUT2D eigenvalue weighted by molar-refractivity contribution is -0.119. The van der Waals surface area contributed by atoms with Gasteiger partial charge in [0.25, 0.3) is 11.5 Å². The van der Waals surface area contributed by atoms with Crippen LogP contribution in [0.3, 0.4) is 0 Å². The van der Waals surface area contributed by atoms with E-state index in [1.54, 1.807) is 23.7 Å². The van der Waals surface area contributed by atoms with Crippen molar-refractivity contribution in [3.05, 3.63) is 58.4 Å². The highest BCUT2D eigenvalue weighted by molar-refractivity contribution is 5.91. The number of carbonyl (C=O) groups is 1. The van der Waals surface area contributed by atoms with E-state index in [0.717, 1.165) is 16.1 Å². The quantitative estimate of drug-likeness (QED) is 0.761. The second-order valence-electron chi connectivity index (χ2n) is 5.55. The fourth-order valence-corrected chi connectivity index (χ4v) is 2.36. The number of aromatic nitrogens is 6. The molecule has 3 aromatic heterocycles. The maximum Gasteiger partial charge on any atom is 0.267 e. The summed E-state index contributed by atoms with van der Waals surface area (Å²) in [5, 5.41) is 11.2. The molecule has 0 fully saturated rings. The van der Waals surface area contributed by atoms with Crippen LogP contribution >= 0.6 is 0 Å². The molecule has 3 rings (SSSR count). The molecule has 0 saturated heterocycles. The van der Waals surface area contributed by atoms with Crippen LogP contribution in [0.4, 0.5) is 5.95 Å². The van der Waals surface area contributed by atoms with E-state index in [9.17, 15) is 9.59 Å². The summed E-state index contributed by atoms with van der Waals surface area (Å²) in [6.45, 7) is 5.34. The SMILES string of the molecule is Cc1cc(C)n(-c2ccc(=O)n(C(C)C(=O)Nc3ncccn3)n2)n1. The van der Waals surface area contributed by atoms with Crippen molar-refractivity contribution in [3.63, 3.8) is 0 Å². The summed E-state index contributed by atoms with van der Waals surface area (Å²) in [7, 11) is 0. The van der Waals surface area contributed by atoms with Crippen LogP contribution in [-0.2, 0) is 4.79 Å². The van der Waals surface area contributed by atoms with E-state index in [1.165, 1.54) is 18.5 Å². The molecular formula is C16H17N7O2. The Bertz CT molecular complexity index is 962. The smallest absolute Gasteiger partial charge is 0.267 e. The van der Waals surface area contributed by atoms with Gasteiger partial charge in [0.1, 0.15) is 6.04 Å². The Balaban J connectivity index is 1.91. The molecule has 0 aromatic carbocycles. The van der Waals surface area contributed by atoms with Gasteiger partial charge in [-0.2, -0.15) is 5.10 Å². The van der Waals surface area contributed by atoms with Crippen LogP contribution in [0, 0.1) is 13.8 Å². The first-order chi connectivity index (χ1) is 12.0. The Morgan fingerprint density at radius 2 is 1.88 bits per heavy atom. The lowest BCUT2D eigenvalue weighted by Crippen LogP contribution is -2.34. The number of hydrogen-bond acceptors (Lipinski definition) is 6. The van der Waals surface area contributed by atoms with Crippen LogP contribution in [0.1, 0.15) is 24.4 Å². The molecule has 25 heavy (non-hydrogen) atoms. The van der Waals surface area contributed by atoms with Gasteiger partial charge in [0, 0.05) is 24.2 Å². The van der Waals surface area contributed by atoms with Gasteiger partial charge in [-0.05, 0) is 39.0 Å². The van der Waals surface area contributed by atoms with Crippen molar-refractivity contribution in [1.29, 1.82) is 0 Å². The second-order valence-corrected chi connectivity index (χ2v) is 5.55. The third-order valence-corrected chi connectivity index (χ3v) is 3.58. The molecule has 1 atom stereocenters. The van der Waals surface area contributed by atoms with Crippen LogP contribution in [0.2, 0.25) is 0 Å². The van der Waals surface area contributed by atoms with Gasteiger partial charge in [0.05, 0.1) is 5.69 Å². The first-order valence-corrected chi connectivity index (χ1v) is 7.67. The molecule has 0 radical (unpaired) electrons. The highest BCUT2D eigenvalue weighted by atomic mass is 16.2. The van der Waals surface area contributed by atoms with Crippen molar-refractivity contribution in [1.82, 2.24) is 29.5 Å². The highest BCUT2D eigenvalue weighted by Crippen LogP contribution is 2.10. The minimum absolute atomic E-state index is 0.169. The summed E-state index contributed by atoms with van der Waals surface area (Å²) in [4.78, 5) is 32.4. The number of hydrogen-bond donors (Lipinski definition) is 1. The Kier molecular flexibility index (Phi) is 4.38. The molecule has 128 valence electrons. The molecule has 0 spiro atoms. The number of anilines is 1. The van der Waals surface area contributed by atoms with Gasteiger partial charge in [0.2, 0.25) is 5.95 Å². The maximum atomic E-state index is 12.4. The standard InChI is InChI=1S/C16H17N7O2/c1-10-9-11(2)22(20-10)13-5-6-14(24)23(21-13)12(3)15(25)19-16-17-7-4-8-18-16/h4-9,12H,1-3H3,(H,17,18,19,25). The molecule has 1 N–H and O–H groups in total. The maximum absolute atomic E-state index is 12.4. The first-order valence-electron chi connectivity index (χ1n) is 7.67. The third kappa shape index (κ3) is 3.44. The van der Waals surface area contributed by atoms with E-state index in [1.807, 2.05) is 19.9 Å². The van der Waals surface area contributed by atoms with Gasteiger partial charge in [0.15, 0.2) is 5.82 Å². The minimum Gasteiger partial charge on any atom is -0.293 e. The largest absolute Gasteiger partial charge is 0.293 e. The van der Waals surface area contributed by atoms with Crippen molar-refractivity contribution in [2.75, 3.05) is 5.32 Å². The zero-order chi connectivity index (χ0) is 18.0. The normalized spacial score (nSPS) is 12.0. The van der Waals surface area contributed by atoms with Gasteiger partial charge in [-0.1, -0.05) is 0 Å². The third-order valence-electron chi connectivity index (χ3n) is 3.58. The summed E-state index contributed by atoms with van der Waals surface area (Å²) < 4.78 is 2.74. The molecule has 1 unspecified atom stereocenters. The molecule has 0 aliphatic carbocycles. The summed E-state index contributed by atoms with van der Waals surface area (Å²) in [6.07, 6.45) is 3.03. The predicted octanol–water partition coefficient (Wildman–Crippen LogP) is 1.04. The summed E-state index contributed by atoms with van der Waals surface area (Å²) in [6, 6.07) is 5.64. The molecule has 0 aliphatic heterocycles. The molecule has 3 heterocycles. The fourth-order valence-electron chi connectivity index (χ4n) is 2.36. The van der Waals surface area contributed by atoms with Gasteiger partial charge < -0.3 is 0 Å². The van der Waals surface area contributed by atoms with Crippen LogP contribution in [0.5, 0.6) is 0 Å². The molecular weight excluding hydrogens is 322 g/mol. The van der Waals surface area contributed by atoms with E-state index in [-0.39, 0.29) is 11.5 Å². The molecule has 3 aromatic rings. The van der Waals surface area contributed by atoms with Crippen molar-refractivity contribution >= 4 is 11.9 Å². The van der Waals surface area contributed by atoms with Crippen molar-refractivity contribution in [2.45, 2.75) is 26.8 Å². The number of amides is 1. The summed E-state index contributed by atoms with van der Waals surface area (Å²) in [5.74, 6) is 0.189. The van der Waals surface area contributed by atoms with E-state index in [4.69, 9.17) is 0 Å². The molecule has 0 saturated carbocycles. The Hall–Kier alpha value is -3.36. The predicted molar refractivity (Wildman–Crippen MR) is 90.5 cm³/mol. The molecule has 9 heteroatoms. The van der Waals surface area contributed by atoms with Crippen molar-refractivity contribution < 1.29 is 4.79 Å². The zero-order valence-electron chi connectivity index (χ0n) is 14.0. The monoisotopic (exact) mass is 339 g/mol. The van der Waals surface area contributed by atoms with Crippen LogP contribution in [0.25, 0.3) is 5.82 Å². The number of aryl methyl sites for hydroxylation is 2. The molecule has 1 amide bonds. The lowest BCUT2D eigenvalue weighted by Gasteiger charge is -2.14. The van der Waals surface area contributed by atoms with Crippen molar-refractivity contribution in [3.8, 4) is 5.82 Å². The highest BCUT2D eigenvalue weighted by Gasteiger charge is 2.19. The number of carbonyl (C=O) groups excluding carboxylic acids is 1. The Morgan fingerprint density at radius 3 is 2.52 bits per heavy atom. The molecule has 9 nitrogen and oxygen atoms in total. The van der Waals surface area contributed by atoms with E-state index >= 15 is 0 Å². The Morgan fingerprint density at radius 1 is 1.16 bits per heavy atom. The average Bonchev–Trinajstić information content (AvgIpc) is 2.94.